The Morgan fingerprint density at radius 1 is 1.33 bits per heavy atom. The predicted molar refractivity (Wildman–Crippen MR) is 94.6 cm³/mol. The third-order valence-electron chi connectivity index (χ3n) is 3.47. The highest BCUT2D eigenvalue weighted by molar-refractivity contribution is 7.98. The fraction of sp³-hybridized carbons (Fsp3) is 0.412. The van der Waals surface area contributed by atoms with E-state index >= 15 is 0 Å². The Bertz CT molecular complexity index is 717. The number of aromatic nitrogens is 3. The highest BCUT2D eigenvalue weighted by atomic mass is 32.2. The number of aryl methyl sites for hydroxylation is 1. The Balaban J connectivity index is 2.16. The van der Waals surface area contributed by atoms with Gasteiger partial charge in [-0.2, -0.15) is 0 Å². The monoisotopic (exact) mass is 346 g/mol. The summed E-state index contributed by atoms with van der Waals surface area (Å²) in [6, 6.07) is 3.63. The van der Waals surface area contributed by atoms with Crippen molar-refractivity contribution in [2.24, 2.45) is 0 Å². The zero-order valence-corrected chi connectivity index (χ0v) is 15.4. The first-order valence-corrected chi connectivity index (χ1v) is 8.88. The van der Waals surface area contributed by atoms with Gasteiger partial charge in [-0.15, -0.1) is 11.8 Å². The summed E-state index contributed by atoms with van der Waals surface area (Å²) in [6.07, 6.45) is 3.59. The number of ether oxygens (including phenoxy) is 1. The van der Waals surface area contributed by atoms with Crippen LogP contribution in [-0.2, 0) is 6.54 Å². The van der Waals surface area contributed by atoms with Gasteiger partial charge in [-0.25, -0.2) is 15.0 Å². The van der Waals surface area contributed by atoms with Crippen molar-refractivity contribution >= 4 is 17.7 Å². The maximum absolute atomic E-state index is 12.6. The van der Waals surface area contributed by atoms with E-state index in [1.165, 1.54) is 11.8 Å². The zero-order valence-electron chi connectivity index (χ0n) is 14.6. The Hall–Kier alpha value is -2.15. The average Bonchev–Trinajstić information content (AvgIpc) is 2.59. The number of pyridine rings is 1. The SMILES string of the molecule is COc1ccc(CNC(=O)c2c(C)nc(C(C)C)nc2SC)cn1. The Morgan fingerprint density at radius 3 is 2.62 bits per heavy atom. The number of carbonyl (C=O) groups is 1. The lowest BCUT2D eigenvalue weighted by Crippen LogP contribution is -2.25. The molecule has 1 amide bonds. The van der Waals surface area contributed by atoms with E-state index < -0.39 is 0 Å². The van der Waals surface area contributed by atoms with Crippen molar-refractivity contribution in [1.29, 1.82) is 0 Å². The van der Waals surface area contributed by atoms with E-state index in [1.807, 2.05) is 33.1 Å². The summed E-state index contributed by atoms with van der Waals surface area (Å²) in [7, 11) is 1.57. The molecule has 0 aliphatic carbocycles. The first kappa shape index (κ1) is 18.2. The Morgan fingerprint density at radius 2 is 2.08 bits per heavy atom. The quantitative estimate of drug-likeness (QED) is 0.640. The Kier molecular flexibility index (Phi) is 6.14. The largest absolute Gasteiger partial charge is 0.481 e. The molecule has 128 valence electrons. The molecule has 0 radical (unpaired) electrons. The maximum Gasteiger partial charge on any atom is 0.256 e. The molecule has 0 saturated carbocycles. The number of methoxy groups -OCH3 is 1. The van der Waals surface area contributed by atoms with Gasteiger partial charge in [-0.3, -0.25) is 4.79 Å². The molecular weight excluding hydrogens is 324 g/mol. The molecule has 2 rings (SSSR count). The van der Waals surface area contributed by atoms with Crippen LogP contribution in [0.2, 0.25) is 0 Å². The average molecular weight is 346 g/mol. The highest BCUT2D eigenvalue weighted by Gasteiger charge is 2.19. The minimum atomic E-state index is -0.178. The minimum absolute atomic E-state index is 0.178. The van der Waals surface area contributed by atoms with Crippen LogP contribution in [0.15, 0.2) is 23.4 Å². The van der Waals surface area contributed by atoms with Gasteiger partial charge < -0.3 is 10.1 Å². The molecule has 6 nitrogen and oxygen atoms in total. The van der Waals surface area contributed by atoms with Crippen LogP contribution in [-0.4, -0.2) is 34.2 Å². The smallest absolute Gasteiger partial charge is 0.256 e. The van der Waals surface area contributed by atoms with Crippen molar-refractivity contribution in [3.63, 3.8) is 0 Å². The second-order valence-corrected chi connectivity index (χ2v) is 6.39. The summed E-state index contributed by atoms with van der Waals surface area (Å²) in [4.78, 5) is 25.7. The lowest BCUT2D eigenvalue weighted by Gasteiger charge is -2.13. The van der Waals surface area contributed by atoms with Crippen molar-refractivity contribution < 1.29 is 9.53 Å². The van der Waals surface area contributed by atoms with Crippen LogP contribution in [0.25, 0.3) is 0 Å². The van der Waals surface area contributed by atoms with Crippen molar-refractivity contribution in [2.45, 2.75) is 38.3 Å². The van der Waals surface area contributed by atoms with Gasteiger partial charge in [-0.1, -0.05) is 19.9 Å². The van der Waals surface area contributed by atoms with Gasteiger partial charge >= 0.3 is 0 Å². The molecule has 0 aliphatic heterocycles. The predicted octanol–water partition coefficient (Wildman–Crippen LogP) is 2.96. The summed E-state index contributed by atoms with van der Waals surface area (Å²) in [5.41, 5.74) is 2.13. The fourth-order valence-electron chi connectivity index (χ4n) is 2.14. The Labute approximate surface area is 146 Å². The van der Waals surface area contributed by atoms with Crippen LogP contribution in [0.5, 0.6) is 5.88 Å². The van der Waals surface area contributed by atoms with Crippen LogP contribution in [0.1, 0.15) is 47.2 Å². The first-order chi connectivity index (χ1) is 11.5. The normalized spacial score (nSPS) is 10.8. The van der Waals surface area contributed by atoms with Crippen molar-refractivity contribution in [3.8, 4) is 5.88 Å². The van der Waals surface area contributed by atoms with Crippen molar-refractivity contribution in [1.82, 2.24) is 20.3 Å². The van der Waals surface area contributed by atoms with E-state index in [0.29, 0.717) is 28.7 Å². The van der Waals surface area contributed by atoms with Crippen LogP contribution in [0, 0.1) is 6.92 Å². The lowest BCUT2D eigenvalue weighted by molar-refractivity contribution is 0.0946. The number of carbonyl (C=O) groups excluding carboxylic acids is 1. The van der Waals surface area contributed by atoms with Crippen LogP contribution >= 0.6 is 11.8 Å². The summed E-state index contributed by atoms with van der Waals surface area (Å²) in [5.74, 6) is 1.34. The summed E-state index contributed by atoms with van der Waals surface area (Å²) in [5, 5.41) is 3.61. The van der Waals surface area contributed by atoms with E-state index in [2.05, 4.69) is 20.3 Å². The van der Waals surface area contributed by atoms with Gasteiger partial charge in [0.15, 0.2) is 0 Å². The lowest BCUT2D eigenvalue weighted by atomic mass is 10.1. The second-order valence-electron chi connectivity index (χ2n) is 5.60. The van der Waals surface area contributed by atoms with E-state index in [1.54, 1.807) is 19.4 Å². The molecule has 0 fully saturated rings. The topological polar surface area (TPSA) is 77.0 Å². The number of amides is 1. The zero-order chi connectivity index (χ0) is 17.7. The molecule has 2 aromatic rings. The molecule has 0 aromatic carbocycles. The number of thioether (sulfide) groups is 1. The molecule has 2 heterocycles. The summed E-state index contributed by atoms with van der Waals surface area (Å²) in [6.45, 7) is 6.30. The molecule has 24 heavy (non-hydrogen) atoms. The van der Waals surface area contributed by atoms with Gasteiger partial charge in [0.25, 0.3) is 5.91 Å². The molecular formula is C17H22N4O2S. The van der Waals surface area contributed by atoms with E-state index in [0.717, 1.165) is 11.4 Å². The number of rotatable bonds is 6. The summed E-state index contributed by atoms with van der Waals surface area (Å²) < 4.78 is 5.02. The standard InChI is InChI=1S/C17H22N4O2S/c1-10(2)15-20-11(3)14(17(21-15)24-5)16(22)19-9-12-6-7-13(23-4)18-8-12/h6-8,10H,9H2,1-5H3,(H,19,22). The fourth-order valence-corrected chi connectivity index (χ4v) is 2.77. The van der Waals surface area contributed by atoms with Gasteiger partial charge in [-0.05, 0) is 18.7 Å². The van der Waals surface area contributed by atoms with Crippen LogP contribution < -0.4 is 10.1 Å². The van der Waals surface area contributed by atoms with E-state index in [-0.39, 0.29) is 11.8 Å². The molecule has 0 saturated heterocycles. The minimum Gasteiger partial charge on any atom is -0.481 e. The third kappa shape index (κ3) is 4.23. The van der Waals surface area contributed by atoms with Crippen LogP contribution in [0.4, 0.5) is 0 Å². The number of hydrogen-bond acceptors (Lipinski definition) is 6. The summed E-state index contributed by atoms with van der Waals surface area (Å²) >= 11 is 1.46. The van der Waals surface area contributed by atoms with Gasteiger partial charge in [0.05, 0.1) is 18.4 Å². The molecule has 0 unspecified atom stereocenters. The van der Waals surface area contributed by atoms with Gasteiger partial charge in [0.1, 0.15) is 10.9 Å². The molecule has 7 heteroatoms. The van der Waals surface area contributed by atoms with Gasteiger partial charge in [0, 0.05) is 24.7 Å². The third-order valence-corrected chi connectivity index (χ3v) is 4.15. The van der Waals surface area contributed by atoms with Crippen molar-refractivity contribution in [3.05, 3.63) is 41.0 Å². The second kappa shape index (κ2) is 8.10. The molecule has 0 bridgehead atoms. The van der Waals surface area contributed by atoms with Crippen LogP contribution in [0.3, 0.4) is 0 Å². The van der Waals surface area contributed by atoms with Crippen molar-refractivity contribution in [2.75, 3.05) is 13.4 Å². The first-order valence-electron chi connectivity index (χ1n) is 7.65. The number of nitrogens with zero attached hydrogens (tertiary/aromatic N) is 3. The molecule has 2 aromatic heterocycles. The van der Waals surface area contributed by atoms with Gasteiger partial charge in [0.2, 0.25) is 5.88 Å². The number of hydrogen-bond donors (Lipinski definition) is 1. The highest BCUT2D eigenvalue weighted by Crippen LogP contribution is 2.23. The molecule has 0 aliphatic rings. The maximum atomic E-state index is 12.6. The van der Waals surface area contributed by atoms with E-state index in [4.69, 9.17) is 4.74 Å². The molecule has 0 spiro atoms. The number of nitrogens with one attached hydrogen (secondary N) is 1. The molecule has 0 atom stereocenters. The van der Waals surface area contributed by atoms with E-state index in [9.17, 15) is 4.79 Å². The molecule has 1 N–H and O–H groups in total.